The molecule has 0 radical (unpaired) electrons. The van der Waals surface area contributed by atoms with Gasteiger partial charge in [-0.05, 0) is 24.6 Å². The summed E-state index contributed by atoms with van der Waals surface area (Å²) in [6, 6.07) is 8.56. The van der Waals surface area contributed by atoms with Gasteiger partial charge in [0.05, 0.1) is 23.8 Å². The fourth-order valence-electron chi connectivity index (χ4n) is 1.09. The zero-order chi connectivity index (χ0) is 9.84. The molecular formula is C10H12N2O. The topological polar surface area (TPSA) is 70.0 Å². The Labute approximate surface area is 77.4 Å². The predicted octanol–water partition coefficient (Wildman–Crippen LogP) is 0.939. The summed E-state index contributed by atoms with van der Waals surface area (Å²) in [5.41, 5.74) is 7.05. The van der Waals surface area contributed by atoms with Crippen molar-refractivity contribution in [2.45, 2.75) is 19.1 Å². The maximum Gasteiger partial charge on any atom is 0.0991 e. The van der Waals surface area contributed by atoms with Crippen LogP contribution in [0.15, 0.2) is 24.3 Å². The highest BCUT2D eigenvalue weighted by atomic mass is 16.3. The van der Waals surface area contributed by atoms with E-state index >= 15 is 0 Å². The van der Waals surface area contributed by atoms with Crippen molar-refractivity contribution in [1.82, 2.24) is 0 Å². The molecule has 1 rings (SSSR count). The highest BCUT2D eigenvalue weighted by molar-refractivity contribution is 5.34. The zero-order valence-electron chi connectivity index (χ0n) is 7.44. The molecule has 1 aromatic carbocycles. The van der Waals surface area contributed by atoms with Crippen molar-refractivity contribution in [1.29, 1.82) is 5.26 Å². The second kappa shape index (κ2) is 4.04. The van der Waals surface area contributed by atoms with Crippen LogP contribution in [0.2, 0.25) is 0 Å². The number of hydrogen-bond donors (Lipinski definition) is 2. The van der Waals surface area contributed by atoms with E-state index in [1.165, 1.54) is 0 Å². The Morgan fingerprint density at radius 2 is 2.23 bits per heavy atom. The van der Waals surface area contributed by atoms with Crippen molar-refractivity contribution in [3.05, 3.63) is 35.4 Å². The molecule has 0 bridgehead atoms. The second-order valence-electron chi connectivity index (χ2n) is 3.00. The van der Waals surface area contributed by atoms with Crippen molar-refractivity contribution in [3.8, 4) is 6.07 Å². The summed E-state index contributed by atoms with van der Waals surface area (Å²) < 4.78 is 0. The van der Waals surface area contributed by atoms with Crippen molar-refractivity contribution >= 4 is 0 Å². The molecule has 0 aliphatic rings. The van der Waals surface area contributed by atoms with Crippen LogP contribution in [0.4, 0.5) is 0 Å². The van der Waals surface area contributed by atoms with Crippen LogP contribution in [0.5, 0.6) is 0 Å². The molecule has 2 atom stereocenters. The Morgan fingerprint density at radius 1 is 1.54 bits per heavy atom. The van der Waals surface area contributed by atoms with E-state index in [-0.39, 0.29) is 0 Å². The van der Waals surface area contributed by atoms with Crippen molar-refractivity contribution in [2.75, 3.05) is 0 Å². The van der Waals surface area contributed by atoms with Crippen molar-refractivity contribution < 1.29 is 5.11 Å². The number of nitrogens with two attached hydrogens (primary N) is 1. The minimum absolute atomic E-state index is 0.423. The molecule has 3 nitrogen and oxygen atoms in total. The third-order valence-corrected chi connectivity index (χ3v) is 1.92. The van der Waals surface area contributed by atoms with Gasteiger partial charge in [0.2, 0.25) is 0 Å². The maximum atomic E-state index is 9.23. The third kappa shape index (κ3) is 2.28. The summed E-state index contributed by atoms with van der Waals surface area (Å²) in [6.45, 7) is 1.63. The van der Waals surface area contributed by atoms with Crippen LogP contribution in [-0.2, 0) is 0 Å². The van der Waals surface area contributed by atoms with Crippen LogP contribution in [0, 0.1) is 11.3 Å². The van der Waals surface area contributed by atoms with Gasteiger partial charge in [-0.1, -0.05) is 12.1 Å². The van der Waals surface area contributed by atoms with E-state index < -0.39 is 12.1 Å². The minimum Gasteiger partial charge on any atom is -0.391 e. The maximum absolute atomic E-state index is 9.23. The van der Waals surface area contributed by atoms with Gasteiger partial charge in [0.1, 0.15) is 0 Å². The summed E-state index contributed by atoms with van der Waals surface area (Å²) in [7, 11) is 0. The standard InChI is InChI=1S/C10H12N2O/c1-7(13)10(12)9-4-2-3-8(5-9)6-11/h2-5,7,10,13H,12H2,1H3/t7-,10-/m0/s1. The normalized spacial score (nSPS) is 14.6. The molecule has 13 heavy (non-hydrogen) atoms. The van der Waals surface area contributed by atoms with E-state index in [9.17, 15) is 5.11 Å². The Morgan fingerprint density at radius 3 is 2.77 bits per heavy atom. The first-order valence-electron chi connectivity index (χ1n) is 4.09. The molecule has 68 valence electrons. The fraction of sp³-hybridized carbons (Fsp3) is 0.300. The van der Waals surface area contributed by atoms with Crippen LogP contribution in [0.1, 0.15) is 24.1 Å². The number of aliphatic hydroxyl groups is 1. The molecule has 3 N–H and O–H groups in total. The summed E-state index contributed by atoms with van der Waals surface area (Å²) in [5, 5.41) is 17.9. The average molecular weight is 176 g/mol. The largest absolute Gasteiger partial charge is 0.391 e. The number of hydrogen-bond acceptors (Lipinski definition) is 3. The van der Waals surface area contributed by atoms with Crippen LogP contribution < -0.4 is 5.73 Å². The summed E-state index contributed by atoms with van der Waals surface area (Å²) >= 11 is 0. The number of benzene rings is 1. The quantitative estimate of drug-likeness (QED) is 0.704. The van der Waals surface area contributed by atoms with E-state index in [0.29, 0.717) is 5.56 Å². The lowest BCUT2D eigenvalue weighted by Crippen LogP contribution is -2.23. The van der Waals surface area contributed by atoms with E-state index in [4.69, 9.17) is 11.0 Å². The molecule has 0 aliphatic carbocycles. The lowest BCUT2D eigenvalue weighted by atomic mass is 10.0. The first-order valence-corrected chi connectivity index (χ1v) is 4.09. The van der Waals surface area contributed by atoms with Gasteiger partial charge in [-0.2, -0.15) is 5.26 Å². The van der Waals surface area contributed by atoms with E-state index in [0.717, 1.165) is 5.56 Å². The van der Waals surface area contributed by atoms with Crippen LogP contribution >= 0.6 is 0 Å². The molecule has 3 heteroatoms. The molecule has 0 fully saturated rings. The van der Waals surface area contributed by atoms with Crippen molar-refractivity contribution in [3.63, 3.8) is 0 Å². The average Bonchev–Trinajstić information content (AvgIpc) is 2.16. The molecule has 0 heterocycles. The Hall–Kier alpha value is -1.37. The van der Waals surface area contributed by atoms with Gasteiger partial charge in [0.15, 0.2) is 0 Å². The molecule has 1 aromatic rings. The monoisotopic (exact) mass is 176 g/mol. The number of nitriles is 1. The van der Waals surface area contributed by atoms with Gasteiger partial charge in [0.25, 0.3) is 0 Å². The van der Waals surface area contributed by atoms with Gasteiger partial charge < -0.3 is 10.8 Å². The molecule has 0 aromatic heterocycles. The summed E-state index contributed by atoms with van der Waals surface area (Å²) in [6.07, 6.45) is -0.603. The van der Waals surface area contributed by atoms with E-state index in [2.05, 4.69) is 0 Å². The lowest BCUT2D eigenvalue weighted by Gasteiger charge is -2.14. The first-order chi connectivity index (χ1) is 6.15. The van der Waals surface area contributed by atoms with Gasteiger partial charge >= 0.3 is 0 Å². The van der Waals surface area contributed by atoms with Crippen molar-refractivity contribution in [2.24, 2.45) is 5.73 Å². The number of aliphatic hydroxyl groups excluding tert-OH is 1. The summed E-state index contributed by atoms with van der Waals surface area (Å²) in [4.78, 5) is 0. The molecule has 0 saturated heterocycles. The van der Waals surface area contributed by atoms with E-state index in [1.807, 2.05) is 6.07 Å². The Bertz CT molecular complexity index is 328. The number of rotatable bonds is 2. The molecule has 0 unspecified atom stereocenters. The Balaban J connectivity index is 2.96. The van der Waals surface area contributed by atoms with Gasteiger partial charge in [0, 0.05) is 0 Å². The predicted molar refractivity (Wildman–Crippen MR) is 49.8 cm³/mol. The van der Waals surface area contributed by atoms with Gasteiger partial charge in [-0.3, -0.25) is 0 Å². The SMILES string of the molecule is C[C@H](O)[C@H](N)c1cccc(C#N)c1. The molecule has 0 saturated carbocycles. The molecule has 0 amide bonds. The highest BCUT2D eigenvalue weighted by Crippen LogP contribution is 2.14. The molecular weight excluding hydrogens is 164 g/mol. The zero-order valence-corrected chi connectivity index (χ0v) is 7.44. The van der Waals surface area contributed by atoms with Gasteiger partial charge in [-0.15, -0.1) is 0 Å². The second-order valence-corrected chi connectivity index (χ2v) is 3.00. The highest BCUT2D eigenvalue weighted by Gasteiger charge is 2.11. The number of nitrogens with zero attached hydrogens (tertiary/aromatic N) is 1. The summed E-state index contributed by atoms with van der Waals surface area (Å²) in [5.74, 6) is 0. The molecule has 0 aliphatic heterocycles. The van der Waals surface area contributed by atoms with E-state index in [1.54, 1.807) is 31.2 Å². The third-order valence-electron chi connectivity index (χ3n) is 1.92. The Kier molecular flexibility index (Phi) is 3.02. The van der Waals surface area contributed by atoms with Gasteiger partial charge in [-0.25, -0.2) is 0 Å². The first kappa shape index (κ1) is 9.72. The smallest absolute Gasteiger partial charge is 0.0991 e. The molecule has 0 spiro atoms. The fourth-order valence-corrected chi connectivity index (χ4v) is 1.09. The van der Waals surface area contributed by atoms with Crippen LogP contribution in [-0.4, -0.2) is 11.2 Å². The van der Waals surface area contributed by atoms with Crippen LogP contribution in [0.25, 0.3) is 0 Å². The minimum atomic E-state index is -0.603. The van der Waals surface area contributed by atoms with Crippen LogP contribution in [0.3, 0.4) is 0 Å². The lowest BCUT2D eigenvalue weighted by molar-refractivity contribution is 0.164.